The van der Waals surface area contributed by atoms with E-state index in [9.17, 15) is 0 Å². The van der Waals surface area contributed by atoms with E-state index in [1.54, 1.807) is 0 Å². The van der Waals surface area contributed by atoms with Gasteiger partial charge in [-0.2, -0.15) is 0 Å². The van der Waals surface area contributed by atoms with Crippen molar-refractivity contribution in [3.8, 4) is 0 Å². The van der Waals surface area contributed by atoms with Crippen LogP contribution < -0.4 is 10.2 Å². The lowest BCUT2D eigenvalue weighted by Gasteiger charge is -2.22. The molecule has 16 heavy (non-hydrogen) atoms. The van der Waals surface area contributed by atoms with Gasteiger partial charge in [-0.1, -0.05) is 0 Å². The lowest BCUT2D eigenvalue weighted by Crippen LogP contribution is -2.21. The quantitative estimate of drug-likeness (QED) is 0.698. The smallest absolute Gasteiger partial charge is 0.0464 e. The summed E-state index contributed by atoms with van der Waals surface area (Å²) < 4.78 is 0. The van der Waals surface area contributed by atoms with Crippen molar-refractivity contribution in [1.29, 1.82) is 0 Å². The first-order chi connectivity index (χ1) is 7.84. The highest BCUT2D eigenvalue weighted by molar-refractivity contribution is 5.94. The molecule has 3 heterocycles. The molecule has 0 atom stereocenters. The fourth-order valence-corrected chi connectivity index (χ4v) is 3.21. The number of H-pyrrole nitrogens is 1. The lowest BCUT2D eigenvalue weighted by molar-refractivity contribution is 0.683. The summed E-state index contributed by atoms with van der Waals surface area (Å²) in [6.45, 7) is 3.16. The SMILES string of the molecule is CN1CCc2cc3[nH]cc4c3c(c21)CNC4. The van der Waals surface area contributed by atoms with E-state index in [0.717, 1.165) is 19.6 Å². The minimum Gasteiger partial charge on any atom is -0.374 e. The number of benzene rings is 1. The third-order valence-electron chi connectivity index (χ3n) is 3.92. The Labute approximate surface area is 94.4 Å². The number of aromatic nitrogens is 1. The second kappa shape index (κ2) is 2.80. The molecule has 4 rings (SSSR count). The van der Waals surface area contributed by atoms with Gasteiger partial charge in [-0.25, -0.2) is 0 Å². The van der Waals surface area contributed by atoms with Crippen molar-refractivity contribution in [3.63, 3.8) is 0 Å². The summed E-state index contributed by atoms with van der Waals surface area (Å²) in [5.74, 6) is 0. The van der Waals surface area contributed by atoms with E-state index >= 15 is 0 Å². The largest absolute Gasteiger partial charge is 0.374 e. The predicted molar refractivity (Wildman–Crippen MR) is 65.8 cm³/mol. The number of nitrogens with one attached hydrogen (secondary N) is 2. The van der Waals surface area contributed by atoms with Crippen LogP contribution >= 0.6 is 0 Å². The Kier molecular flexibility index (Phi) is 1.51. The average molecular weight is 213 g/mol. The fourth-order valence-electron chi connectivity index (χ4n) is 3.21. The van der Waals surface area contributed by atoms with E-state index in [-0.39, 0.29) is 0 Å². The predicted octanol–water partition coefficient (Wildman–Crippen LogP) is 1.76. The van der Waals surface area contributed by atoms with Crippen molar-refractivity contribution in [3.05, 3.63) is 29.0 Å². The molecule has 82 valence electrons. The number of fused-ring (bicyclic) bond motifs is 2. The van der Waals surface area contributed by atoms with Gasteiger partial charge in [0, 0.05) is 49.5 Å². The minimum atomic E-state index is 0.996. The summed E-state index contributed by atoms with van der Waals surface area (Å²) >= 11 is 0. The Morgan fingerprint density at radius 1 is 1.25 bits per heavy atom. The molecule has 0 spiro atoms. The van der Waals surface area contributed by atoms with Crippen LogP contribution in [-0.4, -0.2) is 18.6 Å². The van der Waals surface area contributed by atoms with Crippen molar-refractivity contribution in [2.45, 2.75) is 19.5 Å². The van der Waals surface area contributed by atoms with Crippen LogP contribution in [0.15, 0.2) is 12.3 Å². The van der Waals surface area contributed by atoms with E-state index < -0.39 is 0 Å². The summed E-state index contributed by atoms with van der Waals surface area (Å²) in [5.41, 5.74) is 7.21. The number of aromatic amines is 1. The number of rotatable bonds is 0. The van der Waals surface area contributed by atoms with Gasteiger partial charge in [-0.3, -0.25) is 0 Å². The van der Waals surface area contributed by atoms with Crippen molar-refractivity contribution < 1.29 is 0 Å². The van der Waals surface area contributed by atoms with E-state index in [1.807, 2.05) is 0 Å². The van der Waals surface area contributed by atoms with E-state index in [0.29, 0.717) is 0 Å². The topological polar surface area (TPSA) is 31.1 Å². The highest BCUT2D eigenvalue weighted by atomic mass is 15.1. The van der Waals surface area contributed by atoms with Gasteiger partial charge in [-0.05, 0) is 29.2 Å². The number of nitrogens with zero attached hydrogens (tertiary/aromatic N) is 1. The molecule has 0 bridgehead atoms. The highest BCUT2D eigenvalue weighted by Crippen LogP contribution is 2.39. The molecule has 0 aliphatic carbocycles. The van der Waals surface area contributed by atoms with Gasteiger partial charge in [0.2, 0.25) is 0 Å². The van der Waals surface area contributed by atoms with Crippen molar-refractivity contribution in [2.24, 2.45) is 0 Å². The summed E-state index contributed by atoms with van der Waals surface area (Å²) in [7, 11) is 2.20. The molecule has 2 aliphatic heterocycles. The molecule has 0 fully saturated rings. The van der Waals surface area contributed by atoms with Crippen molar-refractivity contribution in [1.82, 2.24) is 10.3 Å². The normalized spacial score (nSPS) is 18.2. The molecule has 2 aromatic rings. The van der Waals surface area contributed by atoms with Crippen LogP contribution in [0.2, 0.25) is 0 Å². The van der Waals surface area contributed by atoms with Gasteiger partial charge in [0.25, 0.3) is 0 Å². The van der Waals surface area contributed by atoms with E-state index in [1.165, 1.54) is 39.7 Å². The van der Waals surface area contributed by atoms with Crippen LogP contribution in [0, 0.1) is 0 Å². The van der Waals surface area contributed by atoms with Gasteiger partial charge >= 0.3 is 0 Å². The average Bonchev–Trinajstić information content (AvgIpc) is 2.86. The van der Waals surface area contributed by atoms with Gasteiger partial charge in [0.15, 0.2) is 0 Å². The maximum atomic E-state index is 3.49. The van der Waals surface area contributed by atoms with Crippen molar-refractivity contribution >= 4 is 16.6 Å². The summed E-state index contributed by atoms with van der Waals surface area (Å²) in [4.78, 5) is 5.80. The standard InChI is InChI=1S/C13H15N3/c1-16-3-2-8-4-11-12-9(6-15-11)5-14-7-10(12)13(8)16/h4,6,14-15H,2-3,5,7H2,1H3. The monoisotopic (exact) mass is 213 g/mol. The third kappa shape index (κ3) is 0.919. The third-order valence-corrected chi connectivity index (χ3v) is 3.92. The second-order valence-corrected chi connectivity index (χ2v) is 4.87. The fraction of sp³-hybridized carbons (Fsp3) is 0.385. The van der Waals surface area contributed by atoms with Crippen LogP contribution in [0.5, 0.6) is 0 Å². The van der Waals surface area contributed by atoms with Crippen LogP contribution in [0.1, 0.15) is 16.7 Å². The molecular weight excluding hydrogens is 198 g/mol. The molecule has 3 heteroatoms. The maximum absolute atomic E-state index is 3.49. The molecule has 0 saturated carbocycles. The van der Waals surface area contributed by atoms with Crippen LogP contribution in [-0.2, 0) is 19.5 Å². The Balaban J connectivity index is 2.16. The first-order valence-corrected chi connectivity index (χ1v) is 5.91. The zero-order valence-corrected chi connectivity index (χ0v) is 9.43. The zero-order valence-electron chi connectivity index (χ0n) is 9.43. The van der Waals surface area contributed by atoms with Crippen LogP contribution in [0.4, 0.5) is 5.69 Å². The lowest BCUT2D eigenvalue weighted by atomic mass is 9.97. The van der Waals surface area contributed by atoms with Crippen LogP contribution in [0.3, 0.4) is 0 Å². The Morgan fingerprint density at radius 3 is 3.12 bits per heavy atom. The molecule has 3 nitrogen and oxygen atoms in total. The van der Waals surface area contributed by atoms with Gasteiger partial charge < -0.3 is 15.2 Å². The first kappa shape index (κ1) is 8.65. The molecule has 0 radical (unpaired) electrons. The van der Waals surface area contributed by atoms with Gasteiger partial charge in [0.05, 0.1) is 0 Å². The molecule has 1 aromatic carbocycles. The Morgan fingerprint density at radius 2 is 2.19 bits per heavy atom. The first-order valence-electron chi connectivity index (χ1n) is 5.91. The highest BCUT2D eigenvalue weighted by Gasteiger charge is 2.25. The number of anilines is 1. The molecule has 1 aromatic heterocycles. The van der Waals surface area contributed by atoms with Crippen molar-refractivity contribution in [2.75, 3.05) is 18.5 Å². The number of hydrogen-bond acceptors (Lipinski definition) is 2. The van der Waals surface area contributed by atoms with E-state index in [2.05, 4.69) is 34.5 Å². The Hall–Kier alpha value is -1.48. The number of hydrogen-bond donors (Lipinski definition) is 2. The molecule has 2 aliphatic rings. The summed E-state index contributed by atoms with van der Waals surface area (Å²) in [6, 6.07) is 2.34. The molecule has 0 amide bonds. The number of likely N-dealkylation sites (N-methyl/N-ethyl adjacent to an activating group) is 1. The van der Waals surface area contributed by atoms with Crippen LogP contribution in [0.25, 0.3) is 10.9 Å². The summed E-state index contributed by atoms with van der Waals surface area (Å²) in [5, 5.41) is 4.95. The zero-order chi connectivity index (χ0) is 10.7. The van der Waals surface area contributed by atoms with Gasteiger partial charge in [-0.15, -0.1) is 0 Å². The second-order valence-electron chi connectivity index (χ2n) is 4.87. The minimum absolute atomic E-state index is 0.996. The molecule has 2 N–H and O–H groups in total. The molecule has 0 unspecified atom stereocenters. The molecular formula is C13H15N3. The Bertz CT molecular complexity index is 582. The molecule has 0 saturated heterocycles. The maximum Gasteiger partial charge on any atom is 0.0464 e. The van der Waals surface area contributed by atoms with E-state index in [4.69, 9.17) is 0 Å². The summed E-state index contributed by atoms with van der Waals surface area (Å²) in [6.07, 6.45) is 3.33. The van der Waals surface area contributed by atoms with Gasteiger partial charge in [0.1, 0.15) is 0 Å².